The Morgan fingerprint density at radius 2 is 1.70 bits per heavy atom. The summed E-state index contributed by atoms with van der Waals surface area (Å²) in [6.07, 6.45) is 0. The largest absolute Gasteiger partial charge is 0.461 e. The first-order chi connectivity index (χ1) is 12.7. The molecule has 0 saturated carbocycles. The van der Waals surface area contributed by atoms with Crippen LogP contribution in [0.4, 0.5) is 0 Å². The average molecular weight is 364 g/mol. The number of ether oxygens (including phenoxy) is 2. The van der Waals surface area contributed by atoms with Crippen molar-refractivity contribution in [2.45, 2.75) is 33.0 Å². The number of rotatable bonds is 4. The Labute approximate surface area is 157 Å². The molecule has 5 nitrogen and oxygen atoms in total. The van der Waals surface area contributed by atoms with Gasteiger partial charge in [-0.25, -0.2) is 4.79 Å². The van der Waals surface area contributed by atoms with E-state index in [1.54, 1.807) is 56.3 Å². The third-order valence-electron chi connectivity index (χ3n) is 4.62. The van der Waals surface area contributed by atoms with Crippen LogP contribution in [0, 0.1) is 0 Å². The number of esters is 2. The van der Waals surface area contributed by atoms with Gasteiger partial charge in [-0.05, 0) is 25.5 Å². The number of carbonyl (C=O) groups is 3. The summed E-state index contributed by atoms with van der Waals surface area (Å²) < 4.78 is 10.9. The lowest BCUT2D eigenvalue weighted by atomic mass is 9.74. The van der Waals surface area contributed by atoms with Crippen molar-refractivity contribution in [1.29, 1.82) is 0 Å². The topological polar surface area (TPSA) is 69.7 Å². The second-order valence-electron chi connectivity index (χ2n) is 6.74. The molecule has 2 aromatic rings. The second kappa shape index (κ2) is 6.83. The van der Waals surface area contributed by atoms with E-state index < -0.39 is 17.5 Å². The fraction of sp³-hybridized carbons (Fsp3) is 0.227. The molecule has 0 saturated heterocycles. The van der Waals surface area contributed by atoms with Gasteiger partial charge in [0.15, 0.2) is 11.4 Å². The number of ketones is 1. The van der Waals surface area contributed by atoms with Crippen molar-refractivity contribution in [3.05, 3.63) is 82.4 Å². The van der Waals surface area contributed by atoms with Crippen LogP contribution in [0.25, 0.3) is 0 Å². The minimum Gasteiger partial charge on any atom is -0.461 e. The van der Waals surface area contributed by atoms with Crippen LogP contribution in [-0.2, 0) is 31.3 Å². The van der Waals surface area contributed by atoms with Gasteiger partial charge in [-0.2, -0.15) is 0 Å². The Kier molecular flexibility index (Phi) is 4.70. The molecule has 1 unspecified atom stereocenters. The van der Waals surface area contributed by atoms with Crippen molar-refractivity contribution >= 4 is 17.7 Å². The molecule has 0 radical (unpaired) electrons. The molecule has 5 heteroatoms. The average Bonchev–Trinajstić information content (AvgIpc) is 2.64. The normalized spacial score (nSPS) is 17.5. The van der Waals surface area contributed by atoms with Crippen LogP contribution in [0.3, 0.4) is 0 Å². The minimum absolute atomic E-state index is 0.0724. The highest BCUT2D eigenvalue weighted by atomic mass is 16.6. The summed E-state index contributed by atoms with van der Waals surface area (Å²) in [5.74, 6) is -1.08. The summed E-state index contributed by atoms with van der Waals surface area (Å²) in [5.41, 5.74) is 1.93. The highest BCUT2D eigenvalue weighted by molar-refractivity contribution is 6.13. The number of hydrogen-bond donors (Lipinski definition) is 0. The Morgan fingerprint density at radius 1 is 1.04 bits per heavy atom. The molecular formula is C22H20O5. The van der Waals surface area contributed by atoms with Crippen molar-refractivity contribution in [2.24, 2.45) is 0 Å². The van der Waals surface area contributed by atoms with Crippen LogP contribution >= 0.6 is 0 Å². The monoisotopic (exact) mass is 364 g/mol. The maximum Gasteiger partial charge on any atom is 0.334 e. The molecule has 1 atom stereocenters. The molecule has 2 aromatic carbocycles. The van der Waals surface area contributed by atoms with E-state index in [2.05, 4.69) is 6.58 Å². The highest BCUT2D eigenvalue weighted by Gasteiger charge is 2.43. The van der Waals surface area contributed by atoms with Crippen molar-refractivity contribution in [2.75, 3.05) is 0 Å². The molecule has 0 heterocycles. The van der Waals surface area contributed by atoms with Gasteiger partial charge in [-0.1, -0.05) is 43.0 Å². The Bertz CT molecular complexity index is 972. The van der Waals surface area contributed by atoms with Crippen molar-refractivity contribution in [1.82, 2.24) is 0 Å². The molecule has 0 bridgehead atoms. The molecule has 0 amide bonds. The zero-order chi connectivity index (χ0) is 19.8. The molecule has 0 N–H and O–H groups in total. The lowest BCUT2D eigenvalue weighted by Gasteiger charge is -2.37. The van der Waals surface area contributed by atoms with Gasteiger partial charge in [0.25, 0.3) is 0 Å². The van der Waals surface area contributed by atoms with Crippen LogP contribution in [0.2, 0.25) is 0 Å². The molecular weight excluding hydrogens is 344 g/mol. The van der Waals surface area contributed by atoms with Crippen molar-refractivity contribution < 1.29 is 23.9 Å². The number of benzene rings is 2. The Hall–Kier alpha value is -3.21. The number of carbonyl (C=O) groups excluding carboxylic acids is 3. The standard InChI is InChI=1S/C22H20O5/c1-13(2)21(25)27-22(4)18-8-6-5-7-16(18)20(24)17-10-9-15(11-19(17)22)12-26-14(3)23/h5-11H,1,12H2,2-4H3. The number of fused-ring (bicyclic) bond motifs is 2. The van der Waals surface area contributed by atoms with Gasteiger partial charge < -0.3 is 9.47 Å². The fourth-order valence-electron chi connectivity index (χ4n) is 3.23. The van der Waals surface area contributed by atoms with Crippen molar-refractivity contribution in [3.8, 4) is 0 Å². The van der Waals surface area contributed by atoms with Crippen molar-refractivity contribution in [3.63, 3.8) is 0 Å². The summed E-state index contributed by atoms with van der Waals surface area (Å²) >= 11 is 0. The van der Waals surface area contributed by atoms with Gasteiger partial charge in [0.05, 0.1) is 0 Å². The SMILES string of the molecule is C=C(C)C(=O)OC1(C)c2ccccc2C(=O)c2ccc(COC(C)=O)cc21. The smallest absolute Gasteiger partial charge is 0.334 e. The van der Waals surface area contributed by atoms with E-state index >= 15 is 0 Å². The summed E-state index contributed by atoms with van der Waals surface area (Å²) in [5, 5.41) is 0. The fourth-order valence-corrected chi connectivity index (χ4v) is 3.23. The Balaban J connectivity index is 2.17. The lowest BCUT2D eigenvalue weighted by molar-refractivity contribution is -0.150. The van der Waals surface area contributed by atoms with Crippen LogP contribution in [-0.4, -0.2) is 17.7 Å². The quantitative estimate of drug-likeness (QED) is 0.611. The summed E-state index contributed by atoms with van der Waals surface area (Å²) in [6.45, 7) is 8.38. The summed E-state index contributed by atoms with van der Waals surface area (Å²) in [7, 11) is 0. The first kappa shape index (κ1) is 18.6. The molecule has 27 heavy (non-hydrogen) atoms. The zero-order valence-electron chi connectivity index (χ0n) is 15.5. The zero-order valence-corrected chi connectivity index (χ0v) is 15.5. The van der Waals surface area contributed by atoms with Gasteiger partial charge in [0, 0.05) is 34.8 Å². The molecule has 0 spiro atoms. The maximum atomic E-state index is 12.9. The van der Waals surface area contributed by atoms with Gasteiger partial charge >= 0.3 is 11.9 Å². The molecule has 1 aliphatic carbocycles. The Morgan fingerprint density at radius 3 is 2.37 bits per heavy atom. The van der Waals surface area contributed by atoms with E-state index in [0.29, 0.717) is 27.8 Å². The van der Waals surface area contributed by atoms with Gasteiger partial charge in [-0.15, -0.1) is 0 Å². The number of hydrogen-bond acceptors (Lipinski definition) is 5. The summed E-state index contributed by atoms with van der Waals surface area (Å²) in [6, 6.07) is 12.2. The molecule has 0 aromatic heterocycles. The predicted molar refractivity (Wildman–Crippen MR) is 99.1 cm³/mol. The predicted octanol–water partition coefficient (Wildman–Crippen LogP) is 3.68. The van der Waals surface area contributed by atoms with Crippen LogP contribution in [0.15, 0.2) is 54.6 Å². The van der Waals surface area contributed by atoms with E-state index in [-0.39, 0.29) is 18.0 Å². The second-order valence-corrected chi connectivity index (χ2v) is 6.74. The molecule has 0 fully saturated rings. The van der Waals surface area contributed by atoms with E-state index in [1.165, 1.54) is 6.92 Å². The van der Waals surface area contributed by atoms with E-state index in [4.69, 9.17) is 9.47 Å². The molecule has 0 aliphatic heterocycles. The summed E-state index contributed by atoms with van der Waals surface area (Å²) in [4.78, 5) is 36.4. The van der Waals surface area contributed by atoms with Crippen LogP contribution in [0.5, 0.6) is 0 Å². The van der Waals surface area contributed by atoms with Gasteiger partial charge in [0.1, 0.15) is 6.61 Å². The lowest BCUT2D eigenvalue weighted by Crippen LogP contribution is -2.37. The first-order valence-electron chi connectivity index (χ1n) is 8.54. The minimum atomic E-state index is -1.16. The highest BCUT2D eigenvalue weighted by Crippen LogP contribution is 2.43. The first-order valence-corrected chi connectivity index (χ1v) is 8.54. The van der Waals surface area contributed by atoms with Gasteiger partial charge in [-0.3, -0.25) is 9.59 Å². The van der Waals surface area contributed by atoms with Crippen LogP contribution in [0.1, 0.15) is 53.4 Å². The van der Waals surface area contributed by atoms with E-state index in [9.17, 15) is 14.4 Å². The van der Waals surface area contributed by atoms with E-state index in [0.717, 1.165) is 0 Å². The third-order valence-corrected chi connectivity index (χ3v) is 4.62. The third kappa shape index (κ3) is 3.28. The van der Waals surface area contributed by atoms with Gasteiger partial charge in [0.2, 0.25) is 0 Å². The maximum absolute atomic E-state index is 12.9. The molecule has 138 valence electrons. The molecule has 1 aliphatic rings. The van der Waals surface area contributed by atoms with Crippen LogP contribution < -0.4 is 0 Å². The molecule has 3 rings (SSSR count). The van der Waals surface area contributed by atoms with E-state index in [1.807, 2.05) is 0 Å².